The van der Waals surface area contributed by atoms with Crippen molar-refractivity contribution in [3.05, 3.63) is 4.88 Å². The van der Waals surface area contributed by atoms with E-state index in [0.29, 0.717) is 17.2 Å². The number of nitrogens with zero attached hydrogens (tertiary/aromatic N) is 2. The van der Waals surface area contributed by atoms with E-state index in [-0.39, 0.29) is 5.91 Å². The van der Waals surface area contributed by atoms with Crippen molar-refractivity contribution in [2.45, 2.75) is 32.2 Å². The molecule has 0 bridgehead atoms. The Labute approximate surface area is 123 Å². The van der Waals surface area contributed by atoms with Crippen molar-refractivity contribution < 1.29 is 4.79 Å². The number of hydrogen-bond acceptors (Lipinski definition) is 6. The number of hydrogen-bond donors (Lipinski definition) is 3. The highest BCUT2D eigenvalue weighted by Gasteiger charge is 2.20. The molecule has 0 aliphatic heterocycles. The van der Waals surface area contributed by atoms with Crippen molar-refractivity contribution in [3.63, 3.8) is 0 Å². The fraction of sp³-hybridized carbons (Fsp3) is 0.692. The zero-order chi connectivity index (χ0) is 14.5. The van der Waals surface area contributed by atoms with Crippen LogP contribution in [0.3, 0.4) is 0 Å². The van der Waals surface area contributed by atoms with Gasteiger partial charge in [0, 0.05) is 26.2 Å². The predicted molar refractivity (Wildman–Crippen MR) is 83.4 cm³/mol. The van der Waals surface area contributed by atoms with E-state index in [4.69, 9.17) is 5.73 Å². The number of carbonyl (C=O) groups is 1. The summed E-state index contributed by atoms with van der Waals surface area (Å²) in [6.07, 6.45) is 3.51. The van der Waals surface area contributed by atoms with Gasteiger partial charge < -0.3 is 21.3 Å². The van der Waals surface area contributed by atoms with Crippen molar-refractivity contribution in [2.24, 2.45) is 0 Å². The van der Waals surface area contributed by atoms with Crippen LogP contribution in [-0.4, -0.2) is 43.6 Å². The summed E-state index contributed by atoms with van der Waals surface area (Å²) in [7, 11) is 1.93. The lowest BCUT2D eigenvalue weighted by atomic mass is 10.4. The van der Waals surface area contributed by atoms with Gasteiger partial charge >= 0.3 is 0 Å². The minimum atomic E-state index is -0.123. The highest BCUT2D eigenvalue weighted by molar-refractivity contribution is 7.18. The van der Waals surface area contributed by atoms with Gasteiger partial charge in [0.2, 0.25) is 0 Å². The fourth-order valence-corrected chi connectivity index (χ4v) is 2.67. The van der Waals surface area contributed by atoms with Crippen molar-refractivity contribution in [3.8, 4) is 0 Å². The molecule has 1 fully saturated rings. The molecule has 0 spiro atoms. The molecule has 1 amide bonds. The molecule has 1 heterocycles. The molecule has 1 aliphatic carbocycles. The van der Waals surface area contributed by atoms with Crippen molar-refractivity contribution in [1.82, 2.24) is 15.6 Å². The standard InChI is InChI=1S/C13H23N5OS/c1-3-18(2)13-17-11(14)10(20-13)12(19)16-8-4-7-15-9-5-6-9/h9,15H,3-8,14H2,1-2H3,(H,16,19). The molecule has 7 heteroatoms. The Bertz CT molecular complexity index is 458. The number of thiazole rings is 1. The molecule has 1 aliphatic rings. The lowest BCUT2D eigenvalue weighted by Gasteiger charge is -2.10. The molecule has 6 nitrogen and oxygen atoms in total. The van der Waals surface area contributed by atoms with E-state index in [0.717, 1.165) is 30.7 Å². The number of rotatable bonds is 8. The highest BCUT2D eigenvalue weighted by atomic mass is 32.1. The predicted octanol–water partition coefficient (Wildman–Crippen LogP) is 1.05. The lowest BCUT2D eigenvalue weighted by Crippen LogP contribution is -2.27. The monoisotopic (exact) mass is 297 g/mol. The average molecular weight is 297 g/mol. The Morgan fingerprint density at radius 2 is 2.25 bits per heavy atom. The van der Waals surface area contributed by atoms with Crippen LogP contribution in [0.1, 0.15) is 35.9 Å². The van der Waals surface area contributed by atoms with E-state index >= 15 is 0 Å². The lowest BCUT2D eigenvalue weighted by molar-refractivity contribution is 0.0958. The molecule has 20 heavy (non-hydrogen) atoms. The van der Waals surface area contributed by atoms with E-state index < -0.39 is 0 Å². The van der Waals surface area contributed by atoms with Crippen LogP contribution in [0.15, 0.2) is 0 Å². The van der Waals surface area contributed by atoms with Crippen LogP contribution < -0.4 is 21.3 Å². The third-order valence-electron chi connectivity index (χ3n) is 3.30. The summed E-state index contributed by atoms with van der Waals surface area (Å²) >= 11 is 1.34. The fourth-order valence-electron chi connectivity index (χ4n) is 1.75. The van der Waals surface area contributed by atoms with Gasteiger partial charge in [-0.1, -0.05) is 11.3 Å². The van der Waals surface area contributed by atoms with Gasteiger partial charge in [-0.2, -0.15) is 0 Å². The van der Waals surface area contributed by atoms with Gasteiger partial charge in [0.25, 0.3) is 5.91 Å². The van der Waals surface area contributed by atoms with Crippen molar-refractivity contribution >= 4 is 28.2 Å². The number of nitrogens with two attached hydrogens (primary N) is 1. The van der Waals surface area contributed by atoms with Gasteiger partial charge in [0.05, 0.1) is 0 Å². The quantitative estimate of drug-likeness (QED) is 0.625. The van der Waals surface area contributed by atoms with Crippen LogP contribution in [0.4, 0.5) is 10.9 Å². The maximum absolute atomic E-state index is 12.0. The summed E-state index contributed by atoms with van der Waals surface area (Å²) in [5.74, 6) is 0.195. The molecular weight excluding hydrogens is 274 g/mol. The second kappa shape index (κ2) is 6.90. The summed E-state index contributed by atoms with van der Waals surface area (Å²) in [6.45, 7) is 4.48. The van der Waals surface area contributed by atoms with Gasteiger partial charge in [0.15, 0.2) is 5.13 Å². The summed E-state index contributed by atoms with van der Waals surface area (Å²) in [5.41, 5.74) is 5.81. The molecule has 1 aromatic rings. The van der Waals surface area contributed by atoms with E-state index in [1.807, 2.05) is 18.9 Å². The van der Waals surface area contributed by atoms with Gasteiger partial charge in [-0.05, 0) is 32.7 Å². The Hall–Kier alpha value is -1.34. The maximum Gasteiger partial charge on any atom is 0.265 e. The first-order valence-electron chi connectivity index (χ1n) is 7.10. The zero-order valence-corrected chi connectivity index (χ0v) is 12.9. The maximum atomic E-state index is 12.0. The molecule has 1 saturated carbocycles. The Balaban J connectivity index is 1.77. The topological polar surface area (TPSA) is 83.3 Å². The number of anilines is 2. The molecule has 0 radical (unpaired) electrons. The third-order valence-corrected chi connectivity index (χ3v) is 4.48. The first kappa shape index (κ1) is 15.1. The second-order valence-corrected chi connectivity index (χ2v) is 6.04. The molecule has 4 N–H and O–H groups in total. The van der Waals surface area contributed by atoms with Crippen molar-refractivity contribution in [2.75, 3.05) is 37.3 Å². The molecule has 112 valence electrons. The molecule has 0 unspecified atom stereocenters. The SMILES string of the molecule is CCN(C)c1nc(N)c(C(=O)NCCCNC2CC2)s1. The summed E-state index contributed by atoms with van der Waals surface area (Å²) in [5, 5.41) is 7.10. The van der Waals surface area contributed by atoms with E-state index in [1.54, 1.807) is 0 Å². The zero-order valence-electron chi connectivity index (χ0n) is 12.1. The molecule has 2 rings (SSSR count). The number of amides is 1. The first-order valence-corrected chi connectivity index (χ1v) is 7.92. The smallest absolute Gasteiger partial charge is 0.265 e. The van der Waals surface area contributed by atoms with Gasteiger partial charge in [-0.25, -0.2) is 4.98 Å². The first-order chi connectivity index (χ1) is 9.61. The number of nitrogen functional groups attached to an aromatic ring is 1. The van der Waals surface area contributed by atoms with E-state index in [9.17, 15) is 4.79 Å². The Morgan fingerprint density at radius 3 is 2.90 bits per heavy atom. The Morgan fingerprint density at radius 1 is 1.50 bits per heavy atom. The third kappa shape index (κ3) is 4.08. The normalized spacial score (nSPS) is 14.3. The van der Waals surface area contributed by atoms with Crippen LogP contribution >= 0.6 is 11.3 Å². The van der Waals surface area contributed by atoms with Gasteiger partial charge in [0.1, 0.15) is 10.7 Å². The molecule has 0 atom stereocenters. The average Bonchev–Trinajstić information content (AvgIpc) is 3.18. The molecule has 1 aromatic heterocycles. The van der Waals surface area contributed by atoms with Crippen LogP contribution in [-0.2, 0) is 0 Å². The summed E-state index contributed by atoms with van der Waals surface area (Å²) < 4.78 is 0. The van der Waals surface area contributed by atoms with Crippen LogP contribution in [0, 0.1) is 0 Å². The van der Waals surface area contributed by atoms with Crippen LogP contribution in [0.2, 0.25) is 0 Å². The van der Waals surface area contributed by atoms with Gasteiger partial charge in [-0.3, -0.25) is 4.79 Å². The molecular formula is C13H23N5OS. The van der Waals surface area contributed by atoms with Crippen LogP contribution in [0.5, 0.6) is 0 Å². The number of nitrogens with one attached hydrogen (secondary N) is 2. The highest BCUT2D eigenvalue weighted by Crippen LogP contribution is 2.27. The molecule has 0 saturated heterocycles. The van der Waals surface area contributed by atoms with Gasteiger partial charge in [-0.15, -0.1) is 0 Å². The van der Waals surface area contributed by atoms with E-state index in [2.05, 4.69) is 15.6 Å². The van der Waals surface area contributed by atoms with Crippen LogP contribution in [0.25, 0.3) is 0 Å². The molecule has 0 aromatic carbocycles. The van der Waals surface area contributed by atoms with Crippen molar-refractivity contribution in [1.29, 1.82) is 0 Å². The summed E-state index contributed by atoms with van der Waals surface area (Å²) in [6, 6.07) is 0.718. The van der Waals surface area contributed by atoms with E-state index in [1.165, 1.54) is 24.2 Å². The second-order valence-electron chi connectivity index (χ2n) is 5.06. The minimum absolute atomic E-state index is 0.123. The summed E-state index contributed by atoms with van der Waals surface area (Å²) in [4.78, 5) is 18.7. The number of carbonyl (C=O) groups excluding carboxylic acids is 1. The minimum Gasteiger partial charge on any atom is -0.382 e. The largest absolute Gasteiger partial charge is 0.382 e. The number of aromatic nitrogens is 1. The Kier molecular flexibility index (Phi) is 5.19.